The van der Waals surface area contributed by atoms with Gasteiger partial charge in [0.1, 0.15) is 0 Å². The molecule has 0 aromatic carbocycles. The summed E-state index contributed by atoms with van der Waals surface area (Å²) in [5, 5.41) is 2.95. The molecule has 6 heteroatoms. The van der Waals surface area contributed by atoms with Gasteiger partial charge in [-0.25, -0.2) is 0 Å². The number of ether oxygens (including phenoxy) is 1. The minimum absolute atomic E-state index is 0.0147. The Morgan fingerprint density at radius 2 is 1.81 bits per heavy atom. The van der Waals surface area contributed by atoms with Gasteiger partial charge in [0.2, 0.25) is 0 Å². The topological polar surface area (TPSA) is 21.3 Å². The Balaban J connectivity index is 2.99. The fraction of sp³-hybridized carbons (Fsp3) is 1.00. The molecule has 0 saturated carbocycles. The van der Waals surface area contributed by atoms with Gasteiger partial charge >= 0.3 is 5.51 Å². The van der Waals surface area contributed by atoms with Gasteiger partial charge < -0.3 is 10.1 Å². The van der Waals surface area contributed by atoms with E-state index in [4.69, 9.17) is 4.74 Å². The van der Waals surface area contributed by atoms with E-state index in [1.165, 1.54) is 0 Å². The van der Waals surface area contributed by atoms with Crippen LogP contribution < -0.4 is 5.32 Å². The summed E-state index contributed by atoms with van der Waals surface area (Å²) in [6.07, 6.45) is 3.03. The maximum absolute atomic E-state index is 11.7. The number of unbranched alkanes of at least 4 members (excludes halogenated alkanes) is 1. The molecule has 0 aromatic rings. The lowest BCUT2D eigenvalue weighted by molar-refractivity contribution is -0.0327. The fourth-order valence-electron chi connectivity index (χ4n) is 1.01. The smallest absolute Gasteiger partial charge is 0.381 e. The summed E-state index contributed by atoms with van der Waals surface area (Å²) in [6, 6.07) is 0. The number of hydrogen-bond donors (Lipinski definition) is 1. The highest BCUT2D eigenvalue weighted by Gasteiger charge is 2.27. The van der Waals surface area contributed by atoms with Crippen LogP contribution in [0, 0.1) is 0 Å². The van der Waals surface area contributed by atoms with Gasteiger partial charge in [0.05, 0.1) is 0 Å². The van der Waals surface area contributed by atoms with Crippen LogP contribution in [-0.4, -0.2) is 37.6 Å². The van der Waals surface area contributed by atoms with Crippen molar-refractivity contribution in [2.24, 2.45) is 0 Å². The first-order chi connectivity index (χ1) is 7.56. The van der Waals surface area contributed by atoms with Crippen LogP contribution in [0.1, 0.15) is 26.2 Å². The Hall–Kier alpha value is 0.0600. The highest BCUT2D eigenvalue weighted by atomic mass is 32.2. The van der Waals surface area contributed by atoms with Crippen LogP contribution in [0.15, 0.2) is 0 Å². The van der Waals surface area contributed by atoms with E-state index in [-0.39, 0.29) is 17.5 Å². The highest BCUT2D eigenvalue weighted by molar-refractivity contribution is 8.00. The van der Waals surface area contributed by atoms with Gasteiger partial charge in [-0.3, -0.25) is 0 Å². The van der Waals surface area contributed by atoms with E-state index in [0.29, 0.717) is 19.7 Å². The van der Waals surface area contributed by atoms with Crippen LogP contribution in [0.25, 0.3) is 0 Å². The molecule has 2 nitrogen and oxygen atoms in total. The van der Waals surface area contributed by atoms with E-state index in [2.05, 4.69) is 12.2 Å². The van der Waals surface area contributed by atoms with Gasteiger partial charge in [0, 0.05) is 25.5 Å². The molecule has 0 aliphatic heterocycles. The van der Waals surface area contributed by atoms with Crippen molar-refractivity contribution >= 4 is 11.8 Å². The van der Waals surface area contributed by atoms with Crippen molar-refractivity contribution in [3.8, 4) is 0 Å². The van der Waals surface area contributed by atoms with E-state index < -0.39 is 5.51 Å². The predicted octanol–water partition coefficient (Wildman–Crippen LogP) is 3.04. The van der Waals surface area contributed by atoms with Crippen LogP contribution in [0.5, 0.6) is 0 Å². The Kier molecular flexibility index (Phi) is 10.3. The summed E-state index contributed by atoms with van der Waals surface area (Å²) in [6.45, 7) is 4.66. The van der Waals surface area contributed by atoms with Crippen molar-refractivity contribution < 1.29 is 17.9 Å². The number of alkyl halides is 3. The third-order valence-corrected chi connectivity index (χ3v) is 2.56. The molecular formula is C10H20F3NOS. The molecule has 0 unspecified atom stereocenters. The third-order valence-electron chi connectivity index (χ3n) is 1.83. The molecule has 0 bridgehead atoms. The molecule has 16 heavy (non-hydrogen) atoms. The Morgan fingerprint density at radius 3 is 2.44 bits per heavy atom. The number of rotatable bonds is 10. The van der Waals surface area contributed by atoms with Crippen molar-refractivity contribution in [2.75, 3.05) is 32.1 Å². The standard InChI is InChI=1S/C10H20F3NOS/c1-2-3-7-15-8-4-5-14-6-9-16-10(11,12)13/h14H,2-9H2,1H3. The molecule has 0 saturated heterocycles. The molecule has 1 N–H and O–H groups in total. The van der Waals surface area contributed by atoms with Gasteiger partial charge in [0.25, 0.3) is 0 Å². The quantitative estimate of drug-likeness (QED) is 0.609. The zero-order chi connectivity index (χ0) is 12.3. The predicted molar refractivity (Wildman–Crippen MR) is 61.7 cm³/mol. The molecule has 0 atom stereocenters. The van der Waals surface area contributed by atoms with Crippen molar-refractivity contribution in [3.63, 3.8) is 0 Å². The highest BCUT2D eigenvalue weighted by Crippen LogP contribution is 2.29. The van der Waals surface area contributed by atoms with Gasteiger partial charge in [-0.1, -0.05) is 13.3 Å². The maximum atomic E-state index is 11.7. The van der Waals surface area contributed by atoms with Crippen molar-refractivity contribution in [1.29, 1.82) is 0 Å². The summed E-state index contributed by atoms with van der Waals surface area (Å²) in [4.78, 5) is 0. The fourth-order valence-corrected chi connectivity index (χ4v) is 1.49. The maximum Gasteiger partial charge on any atom is 0.441 e. The van der Waals surface area contributed by atoms with Crippen LogP contribution in [0.4, 0.5) is 13.2 Å². The number of hydrogen-bond acceptors (Lipinski definition) is 3. The summed E-state index contributed by atoms with van der Waals surface area (Å²) >= 11 is 0.0147. The van der Waals surface area contributed by atoms with Gasteiger partial charge in [0.15, 0.2) is 0 Å². The Morgan fingerprint density at radius 1 is 1.12 bits per heavy atom. The average molecular weight is 259 g/mol. The van der Waals surface area contributed by atoms with Gasteiger partial charge in [-0.05, 0) is 31.1 Å². The largest absolute Gasteiger partial charge is 0.441 e. The molecule has 0 radical (unpaired) electrons. The van der Waals surface area contributed by atoms with E-state index >= 15 is 0 Å². The zero-order valence-corrected chi connectivity index (χ0v) is 10.4. The minimum atomic E-state index is -4.11. The number of halogens is 3. The Bertz CT molecular complexity index is 155. The van der Waals surface area contributed by atoms with Crippen molar-refractivity contribution in [3.05, 3.63) is 0 Å². The summed E-state index contributed by atoms with van der Waals surface area (Å²) in [7, 11) is 0. The first-order valence-corrected chi connectivity index (χ1v) is 6.54. The molecule has 0 aromatic heterocycles. The van der Waals surface area contributed by atoms with Crippen molar-refractivity contribution in [2.45, 2.75) is 31.7 Å². The molecule has 0 spiro atoms. The van der Waals surface area contributed by atoms with E-state index in [9.17, 15) is 13.2 Å². The number of nitrogens with one attached hydrogen (secondary N) is 1. The minimum Gasteiger partial charge on any atom is -0.381 e. The number of thioether (sulfide) groups is 1. The second-order valence-corrected chi connectivity index (χ2v) is 4.52. The van der Waals surface area contributed by atoms with Gasteiger partial charge in [-0.2, -0.15) is 13.2 Å². The molecule has 0 aliphatic carbocycles. The normalized spacial score (nSPS) is 12.0. The lowest BCUT2D eigenvalue weighted by atomic mass is 10.4. The van der Waals surface area contributed by atoms with E-state index in [1.807, 2.05) is 0 Å². The summed E-state index contributed by atoms with van der Waals surface area (Å²) in [5.41, 5.74) is -4.11. The molecule has 0 rings (SSSR count). The van der Waals surface area contributed by atoms with Crippen LogP contribution in [0.3, 0.4) is 0 Å². The molecule has 0 fully saturated rings. The first kappa shape index (κ1) is 16.1. The Labute approximate surface area is 99.3 Å². The second kappa shape index (κ2) is 10.2. The summed E-state index contributed by atoms with van der Waals surface area (Å²) < 4.78 is 40.5. The molecule has 0 amide bonds. The lowest BCUT2D eigenvalue weighted by Crippen LogP contribution is -2.21. The monoisotopic (exact) mass is 259 g/mol. The average Bonchev–Trinajstić information content (AvgIpc) is 2.19. The van der Waals surface area contributed by atoms with Crippen molar-refractivity contribution in [1.82, 2.24) is 5.32 Å². The zero-order valence-electron chi connectivity index (χ0n) is 9.61. The van der Waals surface area contributed by atoms with E-state index in [1.54, 1.807) is 0 Å². The lowest BCUT2D eigenvalue weighted by Gasteiger charge is -2.07. The SMILES string of the molecule is CCCCOCCCNCCSC(F)(F)F. The van der Waals surface area contributed by atoms with E-state index in [0.717, 1.165) is 25.9 Å². The van der Waals surface area contributed by atoms with Crippen LogP contribution in [0.2, 0.25) is 0 Å². The first-order valence-electron chi connectivity index (χ1n) is 5.55. The molecular weight excluding hydrogens is 239 g/mol. The molecule has 0 heterocycles. The second-order valence-electron chi connectivity index (χ2n) is 3.36. The van der Waals surface area contributed by atoms with Gasteiger partial charge in [-0.15, -0.1) is 0 Å². The molecule has 0 aliphatic rings. The van der Waals surface area contributed by atoms with Crippen LogP contribution in [-0.2, 0) is 4.74 Å². The van der Waals surface area contributed by atoms with Crippen LogP contribution >= 0.6 is 11.8 Å². The molecule has 98 valence electrons. The third kappa shape index (κ3) is 14.1. The summed E-state index contributed by atoms with van der Waals surface area (Å²) in [5.74, 6) is 0.0696.